The fourth-order valence-corrected chi connectivity index (χ4v) is 4.24. The lowest BCUT2D eigenvalue weighted by molar-refractivity contribution is -0.145. The van der Waals surface area contributed by atoms with Crippen molar-refractivity contribution in [3.8, 4) is 16.2 Å². The van der Waals surface area contributed by atoms with E-state index >= 15 is 0 Å². The van der Waals surface area contributed by atoms with Crippen molar-refractivity contribution in [1.82, 2.24) is 10.3 Å². The average Bonchev–Trinajstić information content (AvgIpc) is 3.13. The van der Waals surface area contributed by atoms with Gasteiger partial charge in [-0.15, -0.1) is 11.3 Å². The van der Waals surface area contributed by atoms with Crippen LogP contribution in [0.1, 0.15) is 41.2 Å². The summed E-state index contributed by atoms with van der Waals surface area (Å²) in [7, 11) is 0. The van der Waals surface area contributed by atoms with Gasteiger partial charge in [-0.05, 0) is 62.7 Å². The highest BCUT2D eigenvalue weighted by Crippen LogP contribution is 2.37. The molecule has 2 heterocycles. The van der Waals surface area contributed by atoms with Crippen LogP contribution in [0.3, 0.4) is 0 Å². The van der Waals surface area contributed by atoms with Crippen molar-refractivity contribution in [2.24, 2.45) is 5.73 Å². The molecule has 3 N–H and O–H groups in total. The van der Waals surface area contributed by atoms with Crippen molar-refractivity contribution < 1.29 is 19.1 Å². The van der Waals surface area contributed by atoms with E-state index in [1.165, 1.54) is 11.3 Å². The first-order valence-electron chi connectivity index (χ1n) is 8.98. The normalized spacial score (nSPS) is 14.7. The van der Waals surface area contributed by atoms with E-state index in [4.69, 9.17) is 15.2 Å². The third-order valence-corrected chi connectivity index (χ3v) is 5.61. The van der Waals surface area contributed by atoms with Crippen LogP contribution in [0.15, 0.2) is 24.3 Å². The lowest BCUT2D eigenvalue weighted by atomic mass is 9.99. The van der Waals surface area contributed by atoms with Gasteiger partial charge in [-0.25, -0.2) is 9.78 Å². The minimum Gasteiger partial charge on any atom is -0.482 e. The number of nitrogens with two attached hydrogens (primary N) is 1. The zero-order valence-electron chi connectivity index (χ0n) is 15.2. The van der Waals surface area contributed by atoms with Crippen LogP contribution in [0.4, 0.5) is 0 Å². The van der Waals surface area contributed by atoms with Crippen LogP contribution in [-0.2, 0) is 9.53 Å². The highest BCUT2D eigenvalue weighted by atomic mass is 32.1. The van der Waals surface area contributed by atoms with Crippen molar-refractivity contribution in [2.75, 3.05) is 26.3 Å². The molecule has 3 rings (SSSR count). The number of esters is 1. The van der Waals surface area contributed by atoms with Gasteiger partial charge in [0.1, 0.15) is 11.4 Å². The zero-order valence-corrected chi connectivity index (χ0v) is 16.0. The number of nitrogens with zero attached hydrogens (tertiary/aromatic N) is 1. The standard InChI is InChI=1S/C19H23N3O4S/c1-2-25-15(23)11-26-14-5-3-12(4-6-14)17-16(18(20)24)22-19(27-17)13-7-9-21-10-8-13/h3-6,13,21H,2,7-11H2,1H3,(H2,20,24). The highest BCUT2D eigenvalue weighted by molar-refractivity contribution is 7.15. The first kappa shape index (κ1) is 19.3. The Hall–Kier alpha value is -2.45. The summed E-state index contributed by atoms with van der Waals surface area (Å²) in [4.78, 5) is 28.6. The molecule has 27 heavy (non-hydrogen) atoms. The molecular weight excluding hydrogens is 366 g/mol. The van der Waals surface area contributed by atoms with Gasteiger partial charge < -0.3 is 20.5 Å². The molecule has 0 aliphatic carbocycles. The number of benzene rings is 1. The predicted molar refractivity (Wildman–Crippen MR) is 103 cm³/mol. The Morgan fingerprint density at radius 2 is 1.96 bits per heavy atom. The number of nitrogens with one attached hydrogen (secondary N) is 1. The monoisotopic (exact) mass is 389 g/mol. The average molecular weight is 389 g/mol. The van der Waals surface area contributed by atoms with Gasteiger partial charge in [0, 0.05) is 5.92 Å². The van der Waals surface area contributed by atoms with E-state index in [1.807, 2.05) is 12.1 Å². The molecular formula is C19H23N3O4S. The van der Waals surface area contributed by atoms with Crippen molar-refractivity contribution >= 4 is 23.2 Å². The minimum atomic E-state index is -0.524. The number of hydrogen-bond donors (Lipinski definition) is 2. The molecule has 8 heteroatoms. The highest BCUT2D eigenvalue weighted by Gasteiger charge is 2.24. The van der Waals surface area contributed by atoms with E-state index in [-0.39, 0.29) is 6.61 Å². The van der Waals surface area contributed by atoms with Gasteiger partial charge >= 0.3 is 5.97 Å². The molecule has 1 aromatic heterocycles. The topological polar surface area (TPSA) is 104 Å². The van der Waals surface area contributed by atoms with E-state index in [0.717, 1.165) is 41.4 Å². The van der Waals surface area contributed by atoms with E-state index in [1.54, 1.807) is 19.1 Å². The summed E-state index contributed by atoms with van der Waals surface area (Å²) in [5.74, 6) is -0.0264. The summed E-state index contributed by atoms with van der Waals surface area (Å²) < 4.78 is 10.2. The minimum absolute atomic E-state index is 0.139. The van der Waals surface area contributed by atoms with Gasteiger partial charge in [0.25, 0.3) is 5.91 Å². The van der Waals surface area contributed by atoms with Crippen molar-refractivity contribution in [3.63, 3.8) is 0 Å². The molecule has 1 amide bonds. The maximum absolute atomic E-state index is 11.9. The lowest BCUT2D eigenvalue weighted by Gasteiger charge is -2.20. The Morgan fingerprint density at radius 1 is 1.26 bits per heavy atom. The second-order valence-electron chi connectivity index (χ2n) is 6.24. The fraction of sp³-hybridized carbons (Fsp3) is 0.421. The number of rotatable bonds is 7. The maximum atomic E-state index is 11.9. The Bertz CT molecular complexity index is 798. The lowest BCUT2D eigenvalue weighted by Crippen LogP contribution is -2.26. The fourth-order valence-electron chi connectivity index (χ4n) is 2.99. The summed E-state index contributed by atoms with van der Waals surface area (Å²) in [5.41, 5.74) is 6.72. The van der Waals surface area contributed by atoms with Crippen LogP contribution < -0.4 is 15.8 Å². The van der Waals surface area contributed by atoms with E-state index < -0.39 is 11.9 Å². The van der Waals surface area contributed by atoms with Crippen LogP contribution in [0, 0.1) is 0 Å². The smallest absolute Gasteiger partial charge is 0.344 e. The molecule has 144 valence electrons. The summed E-state index contributed by atoms with van der Waals surface area (Å²) in [6.45, 7) is 3.84. The molecule has 0 unspecified atom stereocenters. The molecule has 0 spiro atoms. The molecule has 1 aliphatic heterocycles. The third-order valence-electron chi connectivity index (χ3n) is 4.34. The zero-order chi connectivity index (χ0) is 19.2. The molecule has 1 saturated heterocycles. The van der Waals surface area contributed by atoms with Gasteiger partial charge in [-0.1, -0.05) is 0 Å². The Balaban J connectivity index is 1.77. The quantitative estimate of drug-likeness (QED) is 0.705. The molecule has 1 fully saturated rings. The largest absolute Gasteiger partial charge is 0.482 e. The van der Waals surface area contributed by atoms with Gasteiger partial charge in [0.15, 0.2) is 6.61 Å². The second kappa shape index (κ2) is 8.96. The van der Waals surface area contributed by atoms with Crippen LogP contribution in [0.25, 0.3) is 10.4 Å². The predicted octanol–water partition coefficient (Wildman–Crippen LogP) is 2.32. The third kappa shape index (κ3) is 4.84. The van der Waals surface area contributed by atoms with Crippen molar-refractivity contribution in [2.45, 2.75) is 25.7 Å². The summed E-state index contributed by atoms with van der Waals surface area (Å²) in [5, 5.41) is 4.29. The number of amides is 1. The van der Waals surface area contributed by atoms with Crippen molar-refractivity contribution in [3.05, 3.63) is 35.0 Å². The van der Waals surface area contributed by atoms with E-state index in [0.29, 0.717) is 24.0 Å². The van der Waals surface area contributed by atoms with Gasteiger partial charge in [-0.2, -0.15) is 0 Å². The number of hydrogen-bond acceptors (Lipinski definition) is 7. The van der Waals surface area contributed by atoms with Crippen molar-refractivity contribution in [1.29, 1.82) is 0 Å². The van der Waals surface area contributed by atoms with Gasteiger partial charge in [0.2, 0.25) is 0 Å². The van der Waals surface area contributed by atoms with Crippen LogP contribution >= 0.6 is 11.3 Å². The first-order valence-corrected chi connectivity index (χ1v) is 9.80. The number of carbonyl (C=O) groups excluding carboxylic acids is 2. The summed E-state index contributed by atoms with van der Waals surface area (Å²) in [6.07, 6.45) is 2.01. The van der Waals surface area contributed by atoms with Crippen LogP contribution in [-0.4, -0.2) is 43.2 Å². The maximum Gasteiger partial charge on any atom is 0.344 e. The molecule has 0 bridgehead atoms. The molecule has 2 aromatic rings. The molecule has 7 nitrogen and oxygen atoms in total. The number of ether oxygens (including phenoxy) is 2. The Morgan fingerprint density at radius 3 is 2.59 bits per heavy atom. The first-order chi connectivity index (χ1) is 13.1. The molecule has 1 aliphatic rings. The number of thiazole rings is 1. The number of carbonyl (C=O) groups is 2. The second-order valence-corrected chi connectivity index (χ2v) is 7.27. The molecule has 0 saturated carbocycles. The van der Waals surface area contributed by atoms with Gasteiger partial charge in [-0.3, -0.25) is 4.79 Å². The molecule has 0 atom stereocenters. The van der Waals surface area contributed by atoms with Crippen LogP contribution in [0.2, 0.25) is 0 Å². The van der Waals surface area contributed by atoms with Crippen LogP contribution in [0.5, 0.6) is 5.75 Å². The number of primary amides is 1. The van der Waals surface area contributed by atoms with Gasteiger partial charge in [0.05, 0.1) is 16.5 Å². The van der Waals surface area contributed by atoms with E-state index in [9.17, 15) is 9.59 Å². The number of piperidine rings is 1. The Kier molecular flexibility index (Phi) is 6.41. The van der Waals surface area contributed by atoms with E-state index in [2.05, 4.69) is 10.3 Å². The summed E-state index contributed by atoms with van der Waals surface area (Å²) in [6, 6.07) is 7.19. The molecule has 0 radical (unpaired) electrons. The number of aromatic nitrogens is 1. The Labute approximate surface area is 161 Å². The summed E-state index contributed by atoms with van der Waals surface area (Å²) >= 11 is 1.52. The SMILES string of the molecule is CCOC(=O)COc1ccc(-c2sc(C3CCNCC3)nc2C(N)=O)cc1. The molecule has 1 aromatic carbocycles.